The number of benzene rings is 2. The van der Waals surface area contributed by atoms with Gasteiger partial charge in [-0.2, -0.15) is 5.10 Å². The van der Waals surface area contributed by atoms with Gasteiger partial charge in [0, 0.05) is 30.1 Å². The first kappa shape index (κ1) is 24.9. The van der Waals surface area contributed by atoms with Crippen molar-refractivity contribution in [2.24, 2.45) is 5.41 Å². The van der Waals surface area contributed by atoms with Gasteiger partial charge in [0.1, 0.15) is 23.6 Å². The summed E-state index contributed by atoms with van der Waals surface area (Å²) in [6.45, 7) is 7.02. The third-order valence-corrected chi connectivity index (χ3v) is 6.94. The highest BCUT2D eigenvalue weighted by atomic mass is 35.5. The van der Waals surface area contributed by atoms with Crippen LogP contribution in [0.1, 0.15) is 48.0 Å². The number of carbonyl (C=O) groups excluding carboxylic acids is 2. The van der Waals surface area contributed by atoms with Crippen LogP contribution in [-0.4, -0.2) is 52.7 Å². The number of hydrogen-bond donors (Lipinski definition) is 0. The van der Waals surface area contributed by atoms with E-state index in [9.17, 15) is 9.59 Å². The summed E-state index contributed by atoms with van der Waals surface area (Å²) in [6, 6.07) is 14.6. The first-order valence-electron chi connectivity index (χ1n) is 12.3. The van der Waals surface area contributed by atoms with Gasteiger partial charge in [-0.05, 0) is 51.0 Å². The molecule has 0 bridgehead atoms. The zero-order chi connectivity index (χ0) is 26.3. The number of halogens is 1. The minimum absolute atomic E-state index is 0.0475. The predicted octanol–water partition coefficient (Wildman–Crippen LogP) is 4.40. The topological polar surface area (TPSA) is 67.7 Å². The van der Waals surface area contributed by atoms with Crippen LogP contribution in [0.4, 0.5) is 5.69 Å². The summed E-state index contributed by atoms with van der Waals surface area (Å²) in [6.07, 6.45) is 0.516. The van der Waals surface area contributed by atoms with E-state index in [-0.39, 0.29) is 23.8 Å². The fourth-order valence-electron chi connectivity index (χ4n) is 4.55. The van der Waals surface area contributed by atoms with Crippen molar-refractivity contribution in [3.05, 3.63) is 76.1 Å². The van der Waals surface area contributed by atoms with E-state index >= 15 is 0 Å². The normalized spacial score (nSPS) is 17.4. The van der Waals surface area contributed by atoms with Crippen molar-refractivity contribution in [2.75, 3.05) is 25.1 Å². The van der Waals surface area contributed by atoms with Gasteiger partial charge in [-0.1, -0.05) is 53.8 Å². The van der Waals surface area contributed by atoms with Gasteiger partial charge in [-0.15, -0.1) is 0 Å². The molecule has 0 saturated carbocycles. The monoisotopic (exact) mass is 516 g/mol. The summed E-state index contributed by atoms with van der Waals surface area (Å²) in [4.78, 5) is 30.2. The second-order valence-corrected chi connectivity index (χ2v) is 10.8. The lowest BCUT2D eigenvalue weighted by molar-refractivity contribution is -0.123. The minimum Gasteiger partial charge on any atom is -0.489 e. The molecule has 3 aromatic rings. The number of anilines is 1. The van der Waals surface area contributed by atoms with E-state index in [1.54, 1.807) is 21.5 Å². The largest absolute Gasteiger partial charge is 0.489 e. The molecule has 2 aliphatic heterocycles. The summed E-state index contributed by atoms with van der Waals surface area (Å²) in [5, 5.41) is 5.00. The Balaban J connectivity index is 1.39. The van der Waals surface area contributed by atoms with Crippen molar-refractivity contribution in [2.45, 2.75) is 39.8 Å². The van der Waals surface area contributed by atoms with E-state index in [0.717, 1.165) is 16.7 Å². The Morgan fingerprint density at radius 2 is 1.89 bits per heavy atom. The molecule has 8 heteroatoms. The van der Waals surface area contributed by atoms with E-state index in [1.807, 2.05) is 48.5 Å². The molecule has 190 valence electrons. The number of amides is 2. The summed E-state index contributed by atoms with van der Waals surface area (Å²) >= 11 is 6.62. The first-order chi connectivity index (χ1) is 17.6. The van der Waals surface area contributed by atoms with E-state index in [0.29, 0.717) is 41.8 Å². The van der Waals surface area contributed by atoms with Crippen LogP contribution in [0.3, 0.4) is 0 Å². The summed E-state index contributed by atoms with van der Waals surface area (Å²) < 4.78 is 7.75. The number of aromatic nitrogens is 2. The number of nitrogens with zero attached hydrogens (tertiary/aromatic N) is 4. The minimum atomic E-state index is -0.778. The smallest absolute Gasteiger partial charge is 0.275 e. The highest BCUT2D eigenvalue weighted by molar-refractivity contribution is 6.31. The van der Waals surface area contributed by atoms with Gasteiger partial charge in [-0.25, -0.2) is 4.68 Å². The third kappa shape index (κ3) is 4.94. The van der Waals surface area contributed by atoms with Gasteiger partial charge in [0.25, 0.3) is 11.8 Å². The van der Waals surface area contributed by atoms with Crippen LogP contribution < -0.4 is 9.64 Å². The molecule has 7 nitrogen and oxygen atoms in total. The quantitative estimate of drug-likeness (QED) is 0.484. The van der Waals surface area contributed by atoms with Gasteiger partial charge in [-0.3, -0.25) is 9.59 Å². The van der Waals surface area contributed by atoms with E-state index < -0.39 is 6.04 Å². The lowest BCUT2D eigenvalue weighted by atomic mass is 9.97. The highest BCUT2D eigenvalue weighted by Crippen LogP contribution is 2.34. The number of fused-ring (bicyclic) bond motifs is 2. The van der Waals surface area contributed by atoms with Crippen molar-refractivity contribution in [3.63, 3.8) is 0 Å². The van der Waals surface area contributed by atoms with Crippen molar-refractivity contribution < 1.29 is 14.3 Å². The van der Waals surface area contributed by atoms with Crippen LogP contribution in [0.2, 0.25) is 5.15 Å². The Kier molecular flexibility index (Phi) is 6.47. The van der Waals surface area contributed by atoms with Gasteiger partial charge in [0.15, 0.2) is 5.69 Å². The van der Waals surface area contributed by atoms with Gasteiger partial charge in [0.2, 0.25) is 0 Å². The van der Waals surface area contributed by atoms with Crippen LogP contribution in [0.15, 0.2) is 48.5 Å². The molecule has 2 amide bonds. The van der Waals surface area contributed by atoms with E-state index in [1.165, 1.54) is 0 Å². The molecule has 0 spiro atoms. The number of rotatable bonds is 3. The first-order valence-corrected chi connectivity index (χ1v) is 12.7. The Morgan fingerprint density at radius 3 is 2.62 bits per heavy atom. The summed E-state index contributed by atoms with van der Waals surface area (Å²) in [5.41, 5.74) is 3.38. The highest BCUT2D eigenvalue weighted by Gasteiger charge is 2.40. The Morgan fingerprint density at radius 1 is 1.14 bits per heavy atom. The second kappa shape index (κ2) is 9.60. The van der Waals surface area contributed by atoms with Crippen LogP contribution >= 0.6 is 11.6 Å². The molecule has 2 aliphatic rings. The van der Waals surface area contributed by atoms with Crippen LogP contribution in [-0.2, 0) is 17.8 Å². The predicted molar refractivity (Wildman–Crippen MR) is 143 cm³/mol. The molecule has 0 aliphatic carbocycles. The van der Waals surface area contributed by atoms with Gasteiger partial charge >= 0.3 is 0 Å². The Hall–Kier alpha value is -3.76. The fourth-order valence-corrected chi connectivity index (χ4v) is 4.83. The molecule has 1 atom stereocenters. The molecular weight excluding hydrogens is 488 g/mol. The van der Waals surface area contributed by atoms with Crippen LogP contribution in [0.5, 0.6) is 5.75 Å². The number of hydrogen-bond acceptors (Lipinski definition) is 4. The standard InChI is InChI=1S/C29H29ClN4O3/c1-29(2,3)14-12-19-10-11-22-24(16-19)37-18-23(27(35)32(22)4)33-15-13-21-25(28(33)36)31-34(26(21)30)17-20-8-6-5-7-9-20/h5-11,16,23H,13,15,17-18H2,1-4H3/t23-/m1/s1. The maximum Gasteiger partial charge on any atom is 0.275 e. The maximum atomic E-state index is 13.6. The molecule has 0 unspecified atom stereocenters. The molecule has 0 saturated heterocycles. The van der Waals surface area contributed by atoms with Gasteiger partial charge in [0.05, 0.1) is 12.2 Å². The molecule has 0 radical (unpaired) electrons. The van der Waals surface area contributed by atoms with E-state index in [4.69, 9.17) is 16.3 Å². The van der Waals surface area contributed by atoms with Crippen LogP contribution in [0.25, 0.3) is 0 Å². The average molecular weight is 517 g/mol. The molecule has 1 aromatic heterocycles. The molecule has 37 heavy (non-hydrogen) atoms. The third-order valence-electron chi connectivity index (χ3n) is 6.52. The molecule has 2 aromatic carbocycles. The molecule has 5 rings (SSSR count). The van der Waals surface area contributed by atoms with Gasteiger partial charge < -0.3 is 14.5 Å². The second-order valence-electron chi connectivity index (χ2n) is 10.4. The van der Waals surface area contributed by atoms with E-state index in [2.05, 4.69) is 37.7 Å². The van der Waals surface area contributed by atoms with Crippen molar-refractivity contribution in [1.29, 1.82) is 0 Å². The zero-order valence-electron chi connectivity index (χ0n) is 21.4. The molecule has 0 fully saturated rings. The fraction of sp³-hybridized carbons (Fsp3) is 0.345. The number of carbonyl (C=O) groups is 2. The van der Waals surface area contributed by atoms with Crippen molar-refractivity contribution >= 4 is 29.1 Å². The van der Waals surface area contributed by atoms with Crippen molar-refractivity contribution in [1.82, 2.24) is 14.7 Å². The lowest BCUT2D eigenvalue weighted by Gasteiger charge is -2.33. The number of likely N-dealkylation sites (N-methyl/N-ethyl adjacent to an activating group) is 1. The Labute approximate surface area is 222 Å². The Bertz CT molecular complexity index is 1430. The van der Waals surface area contributed by atoms with Crippen molar-refractivity contribution in [3.8, 4) is 17.6 Å². The molecular formula is C29H29ClN4O3. The van der Waals surface area contributed by atoms with Crippen LogP contribution in [0, 0.1) is 17.3 Å². The average Bonchev–Trinajstić information content (AvgIpc) is 3.13. The maximum absolute atomic E-state index is 13.6. The number of ether oxygens (including phenoxy) is 1. The lowest BCUT2D eigenvalue weighted by Crippen LogP contribution is -2.54. The summed E-state index contributed by atoms with van der Waals surface area (Å²) in [5.74, 6) is 6.44. The zero-order valence-corrected chi connectivity index (χ0v) is 22.2. The SMILES string of the molecule is CN1C(=O)[C@H](N2CCc3c(nn(Cc4ccccc4)c3Cl)C2=O)COc2cc(C#CC(C)(C)C)ccc21. The molecule has 0 N–H and O–H groups in total. The molecule has 3 heterocycles. The summed E-state index contributed by atoms with van der Waals surface area (Å²) in [7, 11) is 1.70.